The molecule has 0 saturated carbocycles. The molecule has 2 amide bonds. The average Bonchev–Trinajstić information content (AvgIpc) is 3.34. The smallest absolute Gasteiger partial charge is 0.326 e. The zero-order chi connectivity index (χ0) is 24.5. The van der Waals surface area contributed by atoms with Gasteiger partial charge in [0.05, 0.1) is 24.4 Å². The van der Waals surface area contributed by atoms with Crippen molar-refractivity contribution in [1.82, 2.24) is 15.5 Å². The molecular formula is C26H20ClFN4O3. The molecule has 1 unspecified atom stereocenters. The average molecular weight is 491 g/mol. The third-order valence-corrected chi connectivity index (χ3v) is 5.97. The summed E-state index contributed by atoms with van der Waals surface area (Å²) in [6.07, 6.45) is 0. The zero-order valence-corrected chi connectivity index (χ0v) is 19.6. The molecule has 3 aromatic carbocycles. The fraction of sp³-hybridized carbons (Fsp3) is 0.115. The van der Waals surface area contributed by atoms with E-state index >= 15 is 0 Å². The molecule has 176 valence electrons. The van der Waals surface area contributed by atoms with Crippen molar-refractivity contribution >= 4 is 28.9 Å². The Bertz CT molecular complexity index is 1430. The van der Waals surface area contributed by atoms with Gasteiger partial charge in [0, 0.05) is 16.3 Å². The van der Waals surface area contributed by atoms with Crippen LogP contribution in [0, 0.1) is 5.82 Å². The minimum absolute atomic E-state index is 0.203. The van der Waals surface area contributed by atoms with Crippen molar-refractivity contribution in [2.75, 3.05) is 12.0 Å². The number of nitrogens with zero attached hydrogens (tertiary/aromatic N) is 3. The van der Waals surface area contributed by atoms with Gasteiger partial charge in [-0.15, -0.1) is 0 Å². The van der Waals surface area contributed by atoms with Crippen LogP contribution in [0.2, 0.25) is 5.02 Å². The highest BCUT2D eigenvalue weighted by molar-refractivity contribution is 6.31. The molecule has 1 atom stereocenters. The number of halogens is 2. The molecule has 0 bridgehead atoms. The molecule has 0 saturated heterocycles. The van der Waals surface area contributed by atoms with Crippen LogP contribution in [-0.4, -0.2) is 23.3 Å². The van der Waals surface area contributed by atoms with Gasteiger partial charge in [-0.2, -0.15) is 4.98 Å². The van der Waals surface area contributed by atoms with Crippen LogP contribution in [0.3, 0.4) is 0 Å². The van der Waals surface area contributed by atoms with Crippen LogP contribution in [0.25, 0.3) is 17.0 Å². The molecule has 5 rings (SSSR count). The van der Waals surface area contributed by atoms with Crippen molar-refractivity contribution in [3.63, 3.8) is 0 Å². The zero-order valence-electron chi connectivity index (χ0n) is 18.8. The lowest BCUT2D eigenvalue weighted by Crippen LogP contribution is -2.46. The van der Waals surface area contributed by atoms with E-state index in [4.69, 9.17) is 20.9 Å². The number of anilines is 1. The Kier molecular flexibility index (Phi) is 5.96. The summed E-state index contributed by atoms with van der Waals surface area (Å²) in [5.74, 6) is 0.719. The number of urea groups is 1. The van der Waals surface area contributed by atoms with Gasteiger partial charge in [0.15, 0.2) is 0 Å². The summed E-state index contributed by atoms with van der Waals surface area (Å²) in [7, 11) is 1.59. The maximum absolute atomic E-state index is 13.8. The van der Waals surface area contributed by atoms with Crippen molar-refractivity contribution in [3.05, 3.63) is 101 Å². The number of carbonyl (C=O) groups excluding carboxylic acids is 1. The minimum atomic E-state index is -0.579. The van der Waals surface area contributed by atoms with Crippen molar-refractivity contribution in [1.29, 1.82) is 0 Å². The van der Waals surface area contributed by atoms with Gasteiger partial charge in [-0.1, -0.05) is 47.1 Å². The fourth-order valence-electron chi connectivity index (χ4n) is 4.07. The lowest BCUT2D eigenvalue weighted by molar-refractivity contribution is 0.244. The Morgan fingerprint density at radius 3 is 2.57 bits per heavy atom. The summed E-state index contributed by atoms with van der Waals surface area (Å²) in [5, 5.41) is 7.59. The quantitative estimate of drug-likeness (QED) is 0.358. The number of hydrogen-bond acceptors (Lipinski definition) is 5. The van der Waals surface area contributed by atoms with Crippen molar-refractivity contribution in [2.45, 2.75) is 13.0 Å². The number of ether oxygens (including phenoxy) is 1. The number of amides is 2. The molecule has 1 aliphatic rings. The maximum atomic E-state index is 13.8. The third kappa shape index (κ3) is 4.36. The fourth-order valence-corrected chi connectivity index (χ4v) is 4.25. The van der Waals surface area contributed by atoms with E-state index in [-0.39, 0.29) is 17.7 Å². The van der Waals surface area contributed by atoms with E-state index in [1.807, 2.05) is 24.3 Å². The number of benzene rings is 3. The maximum Gasteiger partial charge on any atom is 0.326 e. The van der Waals surface area contributed by atoms with E-state index < -0.39 is 11.9 Å². The van der Waals surface area contributed by atoms with E-state index in [1.165, 1.54) is 17.0 Å². The van der Waals surface area contributed by atoms with Gasteiger partial charge in [0.2, 0.25) is 5.82 Å². The molecule has 35 heavy (non-hydrogen) atoms. The predicted molar refractivity (Wildman–Crippen MR) is 130 cm³/mol. The molecule has 0 radical (unpaired) electrons. The minimum Gasteiger partial charge on any atom is -0.497 e. The molecule has 7 nitrogen and oxygen atoms in total. The summed E-state index contributed by atoms with van der Waals surface area (Å²) >= 11 is 6.19. The van der Waals surface area contributed by atoms with Gasteiger partial charge in [-0.3, -0.25) is 4.90 Å². The molecule has 4 aromatic rings. The van der Waals surface area contributed by atoms with Crippen LogP contribution in [0.5, 0.6) is 5.75 Å². The highest BCUT2D eigenvalue weighted by Gasteiger charge is 2.36. The first-order valence-electron chi connectivity index (χ1n) is 10.8. The Balaban J connectivity index is 1.65. The second-order valence-electron chi connectivity index (χ2n) is 7.90. The van der Waals surface area contributed by atoms with Gasteiger partial charge >= 0.3 is 6.03 Å². The standard InChI is InChI=1S/C26H20ClFN4O3/c1-15-22(25-30-24(31-35-25)17-5-3-7-19(28)13-17)23(16-9-11-21(34-2)12-10-16)29-26(33)32(15)20-8-4-6-18(27)14-20/h3-14,23H,1-2H3,(H,29,33). The van der Waals surface area contributed by atoms with Crippen molar-refractivity contribution < 1.29 is 18.4 Å². The monoisotopic (exact) mass is 490 g/mol. The first kappa shape index (κ1) is 22.6. The van der Waals surface area contributed by atoms with Crippen molar-refractivity contribution in [2.24, 2.45) is 0 Å². The Morgan fingerprint density at radius 2 is 1.86 bits per heavy atom. The number of carbonyl (C=O) groups is 1. The summed E-state index contributed by atoms with van der Waals surface area (Å²) in [5.41, 5.74) is 3.05. The SMILES string of the molecule is COc1ccc(C2NC(=O)N(c3cccc(Cl)c3)C(C)=C2c2nc(-c3cccc(F)c3)no2)cc1. The van der Waals surface area contributed by atoms with Crippen LogP contribution < -0.4 is 15.0 Å². The summed E-state index contributed by atoms with van der Waals surface area (Å²) in [6, 6.07) is 19.3. The Labute approximate surface area is 205 Å². The molecular weight excluding hydrogens is 471 g/mol. The van der Waals surface area contributed by atoms with Gasteiger partial charge in [-0.25, -0.2) is 9.18 Å². The number of methoxy groups -OCH3 is 1. The molecule has 9 heteroatoms. The topological polar surface area (TPSA) is 80.5 Å². The Morgan fingerprint density at radius 1 is 1.09 bits per heavy atom. The number of hydrogen-bond donors (Lipinski definition) is 1. The number of aromatic nitrogens is 2. The number of allylic oxidation sites excluding steroid dienone is 1. The second-order valence-corrected chi connectivity index (χ2v) is 8.34. The van der Waals surface area contributed by atoms with E-state index in [2.05, 4.69) is 15.5 Å². The van der Waals surface area contributed by atoms with Gasteiger partial charge < -0.3 is 14.6 Å². The first-order chi connectivity index (χ1) is 16.9. The van der Waals surface area contributed by atoms with Crippen LogP contribution in [0.1, 0.15) is 24.4 Å². The van der Waals surface area contributed by atoms with E-state index in [0.717, 1.165) is 5.56 Å². The van der Waals surface area contributed by atoms with Crippen LogP contribution in [-0.2, 0) is 0 Å². The van der Waals surface area contributed by atoms with E-state index in [1.54, 1.807) is 50.4 Å². The molecule has 1 N–H and O–H groups in total. The number of nitrogens with one attached hydrogen (secondary N) is 1. The van der Waals surface area contributed by atoms with Crippen LogP contribution in [0.4, 0.5) is 14.9 Å². The van der Waals surface area contributed by atoms with Gasteiger partial charge in [0.25, 0.3) is 5.89 Å². The Hall–Kier alpha value is -4.17. The van der Waals surface area contributed by atoms with Crippen LogP contribution >= 0.6 is 11.6 Å². The largest absolute Gasteiger partial charge is 0.497 e. The molecule has 2 heterocycles. The first-order valence-corrected chi connectivity index (χ1v) is 11.1. The number of rotatable bonds is 5. The van der Waals surface area contributed by atoms with Crippen molar-refractivity contribution in [3.8, 4) is 17.1 Å². The van der Waals surface area contributed by atoms with Crippen LogP contribution in [0.15, 0.2) is 83.0 Å². The highest BCUT2D eigenvalue weighted by atomic mass is 35.5. The lowest BCUT2D eigenvalue weighted by atomic mass is 9.94. The second kappa shape index (κ2) is 9.23. The summed E-state index contributed by atoms with van der Waals surface area (Å²) < 4.78 is 24.7. The van der Waals surface area contributed by atoms with Gasteiger partial charge in [0.1, 0.15) is 11.6 Å². The summed E-state index contributed by atoms with van der Waals surface area (Å²) in [4.78, 5) is 19.3. The predicted octanol–water partition coefficient (Wildman–Crippen LogP) is 6.24. The molecule has 0 fully saturated rings. The molecule has 1 aliphatic heterocycles. The van der Waals surface area contributed by atoms with E-state index in [0.29, 0.717) is 33.3 Å². The molecule has 0 spiro atoms. The highest BCUT2D eigenvalue weighted by Crippen LogP contribution is 2.39. The molecule has 0 aliphatic carbocycles. The normalized spacial score (nSPS) is 15.8. The molecule has 1 aromatic heterocycles. The van der Waals surface area contributed by atoms with E-state index in [9.17, 15) is 9.18 Å². The van der Waals surface area contributed by atoms with Gasteiger partial charge in [-0.05, 0) is 55.0 Å². The lowest BCUT2D eigenvalue weighted by Gasteiger charge is -2.35. The summed E-state index contributed by atoms with van der Waals surface area (Å²) in [6.45, 7) is 1.80. The third-order valence-electron chi connectivity index (χ3n) is 5.74.